The standard InChI is InChI=1S/C11H13I/c1-2-3-4-7-10-8-5-6-9-11(10)12/h4-9H,2-3H2,1H3. The number of hydrogen-bond donors (Lipinski definition) is 0. The molecular formula is C11H13I. The molecule has 0 aliphatic rings. The maximum Gasteiger partial charge on any atom is 0.0202 e. The Hall–Kier alpha value is -0.310. The van der Waals surface area contributed by atoms with E-state index < -0.39 is 0 Å². The van der Waals surface area contributed by atoms with Crippen LogP contribution in [0, 0.1) is 3.57 Å². The topological polar surface area (TPSA) is 0 Å². The van der Waals surface area contributed by atoms with Crippen molar-refractivity contribution in [1.29, 1.82) is 0 Å². The first-order valence-corrected chi connectivity index (χ1v) is 5.33. The largest absolute Gasteiger partial charge is 0.0839 e. The van der Waals surface area contributed by atoms with Crippen LogP contribution in [-0.4, -0.2) is 0 Å². The summed E-state index contributed by atoms with van der Waals surface area (Å²) >= 11 is 2.36. The summed E-state index contributed by atoms with van der Waals surface area (Å²) in [7, 11) is 0. The molecule has 12 heavy (non-hydrogen) atoms. The molecule has 0 N–H and O–H groups in total. The molecule has 64 valence electrons. The molecular weight excluding hydrogens is 259 g/mol. The van der Waals surface area contributed by atoms with Gasteiger partial charge in [0.1, 0.15) is 0 Å². The van der Waals surface area contributed by atoms with Crippen LogP contribution in [0.2, 0.25) is 0 Å². The Kier molecular flexibility index (Phi) is 4.36. The highest BCUT2D eigenvalue weighted by atomic mass is 127. The van der Waals surface area contributed by atoms with Crippen LogP contribution in [0.1, 0.15) is 25.3 Å². The van der Waals surface area contributed by atoms with Crippen molar-refractivity contribution in [3.05, 3.63) is 39.5 Å². The van der Waals surface area contributed by atoms with E-state index in [-0.39, 0.29) is 0 Å². The minimum absolute atomic E-state index is 1.17. The zero-order valence-corrected chi connectivity index (χ0v) is 9.41. The predicted octanol–water partition coefficient (Wildman–Crippen LogP) is 4.10. The van der Waals surface area contributed by atoms with Crippen molar-refractivity contribution in [3.63, 3.8) is 0 Å². The van der Waals surface area contributed by atoms with Crippen molar-refractivity contribution in [2.75, 3.05) is 0 Å². The maximum absolute atomic E-state index is 2.36. The Balaban J connectivity index is 2.68. The normalized spacial score (nSPS) is 10.8. The molecule has 0 aromatic heterocycles. The van der Waals surface area contributed by atoms with Crippen molar-refractivity contribution in [1.82, 2.24) is 0 Å². The van der Waals surface area contributed by atoms with Crippen molar-refractivity contribution >= 4 is 28.7 Å². The molecule has 1 heteroatoms. The lowest BCUT2D eigenvalue weighted by molar-refractivity contribution is 0.962. The average Bonchev–Trinajstić information content (AvgIpc) is 2.09. The smallest absolute Gasteiger partial charge is 0.0202 e. The first-order chi connectivity index (χ1) is 5.84. The van der Waals surface area contributed by atoms with Gasteiger partial charge in [0.25, 0.3) is 0 Å². The van der Waals surface area contributed by atoms with Crippen LogP contribution >= 0.6 is 22.6 Å². The van der Waals surface area contributed by atoms with Gasteiger partial charge < -0.3 is 0 Å². The van der Waals surface area contributed by atoms with E-state index in [9.17, 15) is 0 Å². The molecule has 0 radical (unpaired) electrons. The van der Waals surface area contributed by atoms with Gasteiger partial charge in [-0.1, -0.05) is 43.7 Å². The fourth-order valence-electron chi connectivity index (χ4n) is 0.987. The minimum Gasteiger partial charge on any atom is -0.0839 e. The van der Waals surface area contributed by atoms with Crippen LogP contribution in [0.4, 0.5) is 0 Å². The summed E-state index contributed by atoms with van der Waals surface area (Å²) in [6, 6.07) is 8.42. The zero-order chi connectivity index (χ0) is 8.81. The molecule has 1 rings (SSSR count). The molecule has 0 bridgehead atoms. The number of allylic oxidation sites excluding steroid dienone is 1. The van der Waals surface area contributed by atoms with Gasteiger partial charge in [-0.05, 0) is 40.6 Å². The first-order valence-electron chi connectivity index (χ1n) is 4.25. The first kappa shape index (κ1) is 9.78. The number of hydrogen-bond acceptors (Lipinski definition) is 0. The van der Waals surface area contributed by atoms with Gasteiger partial charge in [0, 0.05) is 3.57 Å². The van der Waals surface area contributed by atoms with Gasteiger partial charge in [-0.2, -0.15) is 0 Å². The van der Waals surface area contributed by atoms with E-state index in [1.807, 2.05) is 0 Å². The van der Waals surface area contributed by atoms with Gasteiger partial charge in [-0.3, -0.25) is 0 Å². The molecule has 0 saturated carbocycles. The molecule has 1 aromatic carbocycles. The third-order valence-electron chi connectivity index (χ3n) is 1.66. The summed E-state index contributed by atoms with van der Waals surface area (Å²) in [5.74, 6) is 0. The molecule has 0 aliphatic heterocycles. The lowest BCUT2D eigenvalue weighted by Crippen LogP contribution is -1.76. The second-order valence-corrected chi connectivity index (χ2v) is 3.87. The van der Waals surface area contributed by atoms with Crippen molar-refractivity contribution in [2.45, 2.75) is 19.8 Å². The van der Waals surface area contributed by atoms with Gasteiger partial charge >= 0.3 is 0 Å². The van der Waals surface area contributed by atoms with E-state index in [1.165, 1.54) is 22.0 Å². The molecule has 1 aromatic rings. The zero-order valence-electron chi connectivity index (χ0n) is 7.26. The fraction of sp³-hybridized carbons (Fsp3) is 0.273. The molecule has 0 spiro atoms. The Morgan fingerprint density at radius 3 is 2.75 bits per heavy atom. The second-order valence-electron chi connectivity index (χ2n) is 2.71. The Morgan fingerprint density at radius 2 is 2.08 bits per heavy atom. The van der Waals surface area contributed by atoms with Crippen LogP contribution in [0.3, 0.4) is 0 Å². The van der Waals surface area contributed by atoms with Crippen LogP contribution in [0.25, 0.3) is 6.08 Å². The highest BCUT2D eigenvalue weighted by molar-refractivity contribution is 14.1. The van der Waals surface area contributed by atoms with Gasteiger partial charge in [0.05, 0.1) is 0 Å². The predicted molar refractivity (Wildman–Crippen MR) is 63.1 cm³/mol. The number of halogens is 1. The van der Waals surface area contributed by atoms with Gasteiger partial charge in [-0.25, -0.2) is 0 Å². The Labute approximate surface area is 87.8 Å². The van der Waals surface area contributed by atoms with E-state index in [1.54, 1.807) is 0 Å². The average molecular weight is 272 g/mol. The summed E-state index contributed by atoms with van der Waals surface area (Å²) in [6.07, 6.45) is 6.83. The van der Waals surface area contributed by atoms with E-state index in [4.69, 9.17) is 0 Å². The van der Waals surface area contributed by atoms with Crippen molar-refractivity contribution in [2.24, 2.45) is 0 Å². The van der Waals surface area contributed by atoms with Crippen LogP contribution in [0.15, 0.2) is 30.3 Å². The Morgan fingerprint density at radius 1 is 1.33 bits per heavy atom. The van der Waals surface area contributed by atoms with E-state index in [0.29, 0.717) is 0 Å². The second kappa shape index (κ2) is 5.36. The van der Waals surface area contributed by atoms with Crippen molar-refractivity contribution < 1.29 is 0 Å². The fourth-order valence-corrected chi connectivity index (χ4v) is 1.55. The monoisotopic (exact) mass is 272 g/mol. The molecule has 0 aliphatic carbocycles. The van der Waals surface area contributed by atoms with E-state index >= 15 is 0 Å². The number of rotatable bonds is 3. The van der Waals surface area contributed by atoms with Gasteiger partial charge in [0.15, 0.2) is 0 Å². The SMILES string of the molecule is CCCC=Cc1ccccc1I. The number of benzene rings is 1. The van der Waals surface area contributed by atoms with E-state index in [0.717, 1.165) is 0 Å². The summed E-state index contributed by atoms with van der Waals surface area (Å²) in [4.78, 5) is 0. The van der Waals surface area contributed by atoms with Crippen LogP contribution < -0.4 is 0 Å². The van der Waals surface area contributed by atoms with Crippen LogP contribution in [-0.2, 0) is 0 Å². The molecule has 0 fully saturated rings. The van der Waals surface area contributed by atoms with Gasteiger partial charge in [-0.15, -0.1) is 0 Å². The number of unbranched alkanes of at least 4 members (excludes halogenated alkanes) is 1. The quantitative estimate of drug-likeness (QED) is 0.726. The lowest BCUT2D eigenvalue weighted by atomic mass is 10.2. The third-order valence-corrected chi connectivity index (χ3v) is 2.64. The molecule has 0 nitrogen and oxygen atoms in total. The maximum atomic E-state index is 2.36. The minimum atomic E-state index is 1.17. The summed E-state index contributed by atoms with van der Waals surface area (Å²) in [6.45, 7) is 2.19. The summed E-state index contributed by atoms with van der Waals surface area (Å²) < 4.78 is 1.32. The van der Waals surface area contributed by atoms with Crippen molar-refractivity contribution in [3.8, 4) is 0 Å². The van der Waals surface area contributed by atoms with Gasteiger partial charge in [0.2, 0.25) is 0 Å². The highest BCUT2D eigenvalue weighted by Crippen LogP contribution is 2.13. The van der Waals surface area contributed by atoms with E-state index in [2.05, 4.69) is 65.9 Å². The molecule has 0 amide bonds. The molecule has 0 unspecified atom stereocenters. The molecule has 0 saturated heterocycles. The van der Waals surface area contributed by atoms with Crippen LogP contribution in [0.5, 0.6) is 0 Å². The Bertz CT molecular complexity index is 263. The third kappa shape index (κ3) is 2.97. The molecule has 0 atom stereocenters. The lowest BCUT2D eigenvalue weighted by Gasteiger charge is -1.95. The summed E-state index contributed by atoms with van der Waals surface area (Å²) in [5.41, 5.74) is 1.33. The molecule has 0 heterocycles. The summed E-state index contributed by atoms with van der Waals surface area (Å²) in [5, 5.41) is 0. The highest BCUT2D eigenvalue weighted by Gasteiger charge is 1.90.